The smallest absolute Gasteiger partial charge is 0.267 e. The molecule has 1 amide bonds. The Bertz CT molecular complexity index is 989. The van der Waals surface area contributed by atoms with Gasteiger partial charge in [0, 0.05) is 36.1 Å². The monoisotopic (exact) mass is 376 g/mol. The standard InChI is InChI=1S/C22H24N4O2/c1-2-18(15-26-21-6-4-3-5-19(21)14-24-26)20(23)13-17-9-7-16(8-10-17)11-12-22(27)25-28/h3-12,14,18,23,28H,2,13,15H2,1H3,(H,25,27)/b12-11+,23-20?/t18-/m1/s1. The van der Waals surface area contributed by atoms with E-state index in [1.807, 2.05) is 53.3 Å². The average Bonchev–Trinajstić information content (AvgIpc) is 3.14. The molecule has 0 aliphatic carbocycles. The van der Waals surface area contributed by atoms with Crippen LogP contribution in [0.2, 0.25) is 0 Å². The summed E-state index contributed by atoms with van der Waals surface area (Å²) >= 11 is 0. The fourth-order valence-corrected chi connectivity index (χ4v) is 3.19. The van der Waals surface area contributed by atoms with E-state index in [4.69, 9.17) is 10.6 Å². The maximum absolute atomic E-state index is 11.0. The third-order valence-corrected chi connectivity index (χ3v) is 4.84. The number of carbonyl (C=O) groups excluding carboxylic acids is 1. The van der Waals surface area contributed by atoms with Gasteiger partial charge in [-0.05, 0) is 29.7 Å². The zero-order valence-electron chi connectivity index (χ0n) is 15.8. The summed E-state index contributed by atoms with van der Waals surface area (Å²) in [5.74, 6) is -0.445. The van der Waals surface area contributed by atoms with Crippen molar-refractivity contribution in [2.24, 2.45) is 5.92 Å². The van der Waals surface area contributed by atoms with E-state index < -0.39 is 5.91 Å². The summed E-state index contributed by atoms with van der Waals surface area (Å²) in [7, 11) is 0. The molecule has 1 atom stereocenters. The van der Waals surface area contributed by atoms with Gasteiger partial charge in [-0.1, -0.05) is 49.4 Å². The molecule has 0 aliphatic rings. The first-order chi connectivity index (χ1) is 13.6. The predicted molar refractivity (Wildman–Crippen MR) is 110 cm³/mol. The van der Waals surface area contributed by atoms with Gasteiger partial charge in [-0.3, -0.25) is 14.7 Å². The molecule has 0 radical (unpaired) electrons. The molecule has 6 heteroatoms. The Kier molecular flexibility index (Phi) is 6.34. The molecule has 0 fully saturated rings. The lowest BCUT2D eigenvalue weighted by Crippen LogP contribution is -2.21. The van der Waals surface area contributed by atoms with E-state index in [-0.39, 0.29) is 5.92 Å². The van der Waals surface area contributed by atoms with Crippen molar-refractivity contribution in [2.75, 3.05) is 0 Å². The third kappa shape index (κ3) is 4.72. The van der Waals surface area contributed by atoms with Crippen molar-refractivity contribution in [1.82, 2.24) is 15.3 Å². The van der Waals surface area contributed by atoms with Crippen molar-refractivity contribution in [1.29, 1.82) is 5.41 Å². The SMILES string of the molecule is CC[C@H](Cn1ncc2ccccc21)C(=N)Cc1ccc(/C=C/C(=O)NO)cc1. The highest BCUT2D eigenvalue weighted by molar-refractivity contribution is 5.91. The van der Waals surface area contributed by atoms with Crippen LogP contribution in [0.1, 0.15) is 24.5 Å². The van der Waals surface area contributed by atoms with E-state index >= 15 is 0 Å². The maximum Gasteiger partial charge on any atom is 0.267 e. The second-order valence-electron chi connectivity index (χ2n) is 6.74. The van der Waals surface area contributed by atoms with Crippen LogP contribution < -0.4 is 5.48 Å². The van der Waals surface area contributed by atoms with Gasteiger partial charge in [0.2, 0.25) is 0 Å². The Labute approximate surface area is 164 Å². The Hall–Kier alpha value is -3.25. The molecule has 28 heavy (non-hydrogen) atoms. The number of benzene rings is 2. The Morgan fingerprint density at radius 1 is 1.25 bits per heavy atom. The Balaban J connectivity index is 1.65. The van der Waals surface area contributed by atoms with Crippen molar-refractivity contribution in [3.63, 3.8) is 0 Å². The quantitative estimate of drug-likeness (QED) is 0.241. The first kappa shape index (κ1) is 19.5. The lowest BCUT2D eigenvalue weighted by molar-refractivity contribution is -0.124. The zero-order chi connectivity index (χ0) is 19.9. The van der Waals surface area contributed by atoms with Crippen LogP contribution in [0.5, 0.6) is 0 Å². The molecule has 3 aromatic rings. The van der Waals surface area contributed by atoms with Gasteiger partial charge in [0.05, 0.1) is 11.7 Å². The molecule has 6 nitrogen and oxygen atoms in total. The number of hydroxylamine groups is 1. The van der Waals surface area contributed by atoms with Gasteiger partial charge in [0.25, 0.3) is 5.91 Å². The van der Waals surface area contributed by atoms with Crippen LogP contribution in [0.3, 0.4) is 0 Å². The summed E-state index contributed by atoms with van der Waals surface area (Å²) < 4.78 is 1.98. The number of carbonyl (C=O) groups is 1. The molecule has 0 saturated carbocycles. The number of para-hydroxylation sites is 1. The average molecular weight is 376 g/mol. The van der Waals surface area contributed by atoms with E-state index in [2.05, 4.69) is 18.1 Å². The topological polar surface area (TPSA) is 91.0 Å². The van der Waals surface area contributed by atoms with Crippen LogP contribution in [0.15, 0.2) is 60.8 Å². The van der Waals surface area contributed by atoms with Crippen LogP contribution in [0.4, 0.5) is 0 Å². The summed E-state index contributed by atoms with van der Waals surface area (Å²) in [5, 5.41) is 22.7. The minimum Gasteiger partial charge on any atom is -0.309 e. The second-order valence-corrected chi connectivity index (χ2v) is 6.74. The molecule has 0 unspecified atom stereocenters. The van der Waals surface area contributed by atoms with Crippen LogP contribution in [-0.2, 0) is 17.8 Å². The van der Waals surface area contributed by atoms with Crippen molar-refractivity contribution < 1.29 is 10.0 Å². The van der Waals surface area contributed by atoms with Crippen LogP contribution in [0.25, 0.3) is 17.0 Å². The Morgan fingerprint density at radius 3 is 2.71 bits per heavy atom. The summed E-state index contributed by atoms with van der Waals surface area (Å²) in [6, 6.07) is 15.8. The lowest BCUT2D eigenvalue weighted by atomic mass is 9.94. The second kappa shape index (κ2) is 9.10. The highest BCUT2D eigenvalue weighted by atomic mass is 16.5. The lowest BCUT2D eigenvalue weighted by Gasteiger charge is -2.17. The third-order valence-electron chi connectivity index (χ3n) is 4.84. The minimum atomic E-state index is -0.567. The van der Waals surface area contributed by atoms with Crippen LogP contribution >= 0.6 is 0 Å². The molecule has 0 bridgehead atoms. The maximum atomic E-state index is 11.0. The van der Waals surface area contributed by atoms with Crippen molar-refractivity contribution in [2.45, 2.75) is 26.3 Å². The van der Waals surface area contributed by atoms with Gasteiger partial charge >= 0.3 is 0 Å². The minimum absolute atomic E-state index is 0.121. The number of fused-ring (bicyclic) bond motifs is 1. The van der Waals surface area contributed by atoms with Gasteiger partial charge in [-0.25, -0.2) is 5.48 Å². The molecular weight excluding hydrogens is 352 g/mol. The molecule has 3 rings (SSSR count). The summed E-state index contributed by atoms with van der Waals surface area (Å²) in [4.78, 5) is 11.0. The van der Waals surface area contributed by atoms with Gasteiger partial charge in [-0.2, -0.15) is 5.10 Å². The normalized spacial score (nSPS) is 12.4. The van der Waals surface area contributed by atoms with Crippen LogP contribution in [-0.4, -0.2) is 26.6 Å². The van der Waals surface area contributed by atoms with E-state index in [0.717, 1.165) is 28.5 Å². The van der Waals surface area contributed by atoms with Gasteiger partial charge < -0.3 is 5.41 Å². The van der Waals surface area contributed by atoms with Crippen LogP contribution in [0, 0.1) is 11.3 Å². The van der Waals surface area contributed by atoms with Crippen molar-refractivity contribution >= 4 is 28.6 Å². The molecular formula is C22H24N4O2. The summed E-state index contributed by atoms with van der Waals surface area (Å²) in [5.41, 5.74) is 5.25. The molecule has 2 aromatic carbocycles. The molecule has 0 spiro atoms. The Morgan fingerprint density at radius 2 is 2.00 bits per heavy atom. The highest BCUT2D eigenvalue weighted by Gasteiger charge is 2.15. The number of hydrogen-bond donors (Lipinski definition) is 3. The number of rotatable bonds is 8. The van der Waals surface area contributed by atoms with E-state index in [0.29, 0.717) is 18.7 Å². The first-order valence-electron chi connectivity index (χ1n) is 9.29. The van der Waals surface area contributed by atoms with Gasteiger partial charge in [-0.15, -0.1) is 0 Å². The molecule has 1 heterocycles. The van der Waals surface area contributed by atoms with E-state index in [1.54, 1.807) is 11.6 Å². The molecule has 144 valence electrons. The van der Waals surface area contributed by atoms with Gasteiger partial charge in [0.15, 0.2) is 0 Å². The number of aromatic nitrogens is 2. The fraction of sp³-hybridized carbons (Fsp3) is 0.227. The largest absolute Gasteiger partial charge is 0.309 e. The highest BCUT2D eigenvalue weighted by Crippen LogP contribution is 2.18. The molecule has 0 aliphatic heterocycles. The zero-order valence-corrected chi connectivity index (χ0v) is 15.8. The fourth-order valence-electron chi connectivity index (χ4n) is 3.19. The summed E-state index contributed by atoms with van der Waals surface area (Å²) in [6.45, 7) is 2.80. The number of nitrogens with zero attached hydrogens (tertiary/aromatic N) is 2. The summed E-state index contributed by atoms with van der Waals surface area (Å²) in [6.07, 6.45) is 6.22. The molecule has 3 N–H and O–H groups in total. The number of amides is 1. The molecule has 0 saturated heterocycles. The van der Waals surface area contributed by atoms with Crippen molar-refractivity contribution in [3.05, 3.63) is 71.9 Å². The number of nitrogens with one attached hydrogen (secondary N) is 2. The number of hydrogen-bond acceptors (Lipinski definition) is 4. The van der Waals surface area contributed by atoms with E-state index in [1.165, 1.54) is 6.08 Å². The van der Waals surface area contributed by atoms with E-state index in [9.17, 15) is 4.79 Å². The van der Waals surface area contributed by atoms with Crippen molar-refractivity contribution in [3.8, 4) is 0 Å². The first-order valence-corrected chi connectivity index (χ1v) is 9.29. The molecule has 1 aromatic heterocycles. The van der Waals surface area contributed by atoms with Gasteiger partial charge in [0.1, 0.15) is 0 Å². The predicted octanol–water partition coefficient (Wildman–Crippen LogP) is 3.84.